The molecule has 0 aliphatic heterocycles. The van der Waals surface area contributed by atoms with Crippen LogP contribution in [0, 0.1) is 0 Å². The summed E-state index contributed by atoms with van der Waals surface area (Å²) >= 11 is 17.8. The van der Waals surface area contributed by atoms with Gasteiger partial charge in [-0.15, -0.1) is 0 Å². The van der Waals surface area contributed by atoms with Crippen molar-refractivity contribution >= 4 is 34.8 Å². The molecule has 2 rings (SSSR count). The highest BCUT2D eigenvalue weighted by atomic mass is 35.5. The van der Waals surface area contributed by atoms with Crippen LogP contribution < -0.4 is 4.74 Å². The van der Waals surface area contributed by atoms with Crippen LogP contribution in [-0.4, -0.2) is 6.61 Å². The molecule has 0 aromatic heterocycles. The van der Waals surface area contributed by atoms with Crippen LogP contribution in [0.2, 0.25) is 15.1 Å². The van der Waals surface area contributed by atoms with Gasteiger partial charge >= 0.3 is 0 Å². The molecule has 0 aliphatic carbocycles. The van der Waals surface area contributed by atoms with Crippen molar-refractivity contribution in [1.82, 2.24) is 0 Å². The van der Waals surface area contributed by atoms with E-state index in [0.717, 1.165) is 17.0 Å². The summed E-state index contributed by atoms with van der Waals surface area (Å²) in [5, 5.41) is 1.78. The normalized spacial score (nSPS) is 10.4. The summed E-state index contributed by atoms with van der Waals surface area (Å²) in [6.45, 7) is 0.519. The summed E-state index contributed by atoms with van der Waals surface area (Å²) in [5.41, 5.74) is 1.16. The quantitative estimate of drug-likeness (QED) is 0.747. The Morgan fingerprint density at radius 1 is 0.833 bits per heavy atom. The molecule has 0 atom stereocenters. The van der Waals surface area contributed by atoms with Crippen molar-refractivity contribution in [1.29, 1.82) is 0 Å². The third-order valence-electron chi connectivity index (χ3n) is 2.47. The number of rotatable bonds is 4. The Labute approximate surface area is 121 Å². The first-order valence-electron chi connectivity index (χ1n) is 5.48. The van der Waals surface area contributed by atoms with E-state index in [1.165, 1.54) is 0 Å². The second-order valence-corrected chi connectivity index (χ2v) is 5.03. The SMILES string of the molecule is Clc1ccc(CCOc2c(Cl)cccc2Cl)cc1. The zero-order chi connectivity index (χ0) is 13.0. The van der Waals surface area contributed by atoms with E-state index in [2.05, 4.69) is 0 Å². The lowest BCUT2D eigenvalue weighted by Gasteiger charge is -2.09. The van der Waals surface area contributed by atoms with E-state index in [1.54, 1.807) is 18.2 Å². The molecule has 0 radical (unpaired) electrons. The topological polar surface area (TPSA) is 9.23 Å². The van der Waals surface area contributed by atoms with Crippen molar-refractivity contribution < 1.29 is 4.74 Å². The number of halogens is 3. The van der Waals surface area contributed by atoms with Crippen LogP contribution in [0.1, 0.15) is 5.56 Å². The molecule has 4 heteroatoms. The van der Waals surface area contributed by atoms with Gasteiger partial charge in [0.2, 0.25) is 0 Å². The summed E-state index contributed by atoms with van der Waals surface area (Å²) in [7, 11) is 0. The van der Waals surface area contributed by atoms with Gasteiger partial charge in [-0.05, 0) is 29.8 Å². The van der Waals surface area contributed by atoms with Crippen molar-refractivity contribution in [2.24, 2.45) is 0 Å². The van der Waals surface area contributed by atoms with E-state index < -0.39 is 0 Å². The lowest BCUT2D eigenvalue weighted by Crippen LogP contribution is -2.02. The molecule has 2 aromatic rings. The molecule has 0 spiro atoms. The predicted molar refractivity (Wildman–Crippen MR) is 77.1 cm³/mol. The Balaban J connectivity index is 1.94. The monoisotopic (exact) mass is 300 g/mol. The van der Waals surface area contributed by atoms with E-state index in [-0.39, 0.29) is 0 Å². The van der Waals surface area contributed by atoms with Crippen molar-refractivity contribution in [3.63, 3.8) is 0 Å². The molecule has 0 saturated carbocycles. The summed E-state index contributed by atoms with van der Waals surface area (Å²) < 4.78 is 5.60. The second kappa shape index (κ2) is 6.33. The van der Waals surface area contributed by atoms with Crippen molar-refractivity contribution in [2.45, 2.75) is 6.42 Å². The fourth-order valence-corrected chi connectivity index (χ4v) is 2.17. The maximum atomic E-state index is 6.01. The lowest BCUT2D eigenvalue weighted by atomic mass is 10.2. The van der Waals surface area contributed by atoms with Crippen LogP contribution in [0.15, 0.2) is 42.5 Å². The molecule has 94 valence electrons. The average Bonchev–Trinajstić information content (AvgIpc) is 2.35. The molecule has 18 heavy (non-hydrogen) atoms. The van der Waals surface area contributed by atoms with Gasteiger partial charge in [-0.2, -0.15) is 0 Å². The first kappa shape index (κ1) is 13.5. The van der Waals surface area contributed by atoms with E-state index in [0.29, 0.717) is 22.4 Å². The molecule has 0 unspecified atom stereocenters. The molecule has 0 N–H and O–H groups in total. The van der Waals surface area contributed by atoms with Crippen molar-refractivity contribution in [3.8, 4) is 5.75 Å². The maximum absolute atomic E-state index is 6.01. The summed E-state index contributed by atoms with van der Waals surface area (Å²) in [5.74, 6) is 0.537. The smallest absolute Gasteiger partial charge is 0.156 e. The number of hydrogen-bond acceptors (Lipinski definition) is 1. The standard InChI is InChI=1S/C14H11Cl3O/c15-11-6-4-10(5-7-11)8-9-18-14-12(16)2-1-3-13(14)17/h1-7H,8-9H2. The average molecular weight is 302 g/mol. The van der Waals surface area contributed by atoms with Crippen LogP contribution in [0.4, 0.5) is 0 Å². The van der Waals surface area contributed by atoms with Gasteiger partial charge in [-0.3, -0.25) is 0 Å². The minimum atomic E-state index is 0.519. The first-order valence-corrected chi connectivity index (χ1v) is 6.61. The fourth-order valence-electron chi connectivity index (χ4n) is 1.54. The van der Waals surface area contributed by atoms with Crippen LogP contribution in [0.5, 0.6) is 5.75 Å². The van der Waals surface area contributed by atoms with Gasteiger partial charge in [-0.1, -0.05) is 53.0 Å². The number of hydrogen-bond donors (Lipinski definition) is 0. The predicted octanol–water partition coefficient (Wildman–Crippen LogP) is 5.27. The molecule has 2 aromatic carbocycles. The van der Waals surface area contributed by atoms with Gasteiger partial charge < -0.3 is 4.74 Å². The maximum Gasteiger partial charge on any atom is 0.156 e. The van der Waals surface area contributed by atoms with Gasteiger partial charge in [0.05, 0.1) is 16.7 Å². The Kier molecular flexibility index (Phi) is 4.76. The minimum Gasteiger partial charge on any atom is -0.490 e. The Hall–Kier alpha value is -0.890. The molecule has 0 saturated heterocycles. The zero-order valence-corrected chi connectivity index (χ0v) is 11.8. The molecule has 0 aliphatic rings. The molecule has 0 fully saturated rings. The molecule has 1 nitrogen and oxygen atoms in total. The molecule has 0 bridgehead atoms. The zero-order valence-electron chi connectivity index (χ0n) is 9.50. The van der Waals surface area contributed by atoms with Crippen LogP contribution in [0.25, 0.3) is 0 Å². The van der Waals surface area contributed by atoms with Crippen molar-refractivity contribution in [3.05, 3.63) is 63.1 Å². The lowest BCUT2D eigenvalue weighted by molar-refractivity contribution is 0.322. The van der Waals surface area contributed by atoms with Crippen LogP contribution in [0.3, 0.4) is 0 Å². The first-order chi connectivity index (χ1) is 8.66. The largest absolute Gasteiger partial charge is 0.490 e. The van der Waals surface area contributed by atoms with Crippen LogP contribution in [-0.2, 0) is 6.42 Å². The highest BCUT2D eigenvalue weighted by molar-refractivity contribution is 6.37. The fraction of sp³-hybridized carbons (Fsp3) is 0.143. The summed E-state index contributed by atoms with van der Waals surface area (Å²) in [6, 6.07) is 13.0. The third kappa shape index (κ3) is 3.55. The summed E-state index contributed by atoms with van der Waals surface area (Å²) in [6.07, 6.45) is 0.777. The van der Waals surface area contributed by atoms with Gasteiger partial charge in [-0.25, -0.2) is 0 Å². The Morgan fingerprint density at radius 2 is 1.44 bits per heavy atom. The number of para-hydroxylation sites is 1. The van der Waals surface area contributed by atoms with E-state index >= 15 is 0 Å². The van der Waals surface area contributed by atoms with Crippen LogP contribution >= 0.6 is 34.8 Å². The van der Waals surface area contributed by atoms with E-state index in [4.69, 9.17) is 39.5 Å². The minimum absolute atomic E-state index is 0.519. The summed E-state index contributed by atoms with van der Waals surface area (Å²) in [4.78, 5) is 0. The highest BCUT2D eigenvalue weighted by Crippen LogP contribution is 2.32. The number of benzene rings is 2. The molecular weight excluding hydrogens is 291 g/mol. The molecular formula is C14H11Cl3O. The van der Waals surface area contributed by atoms with Crippen molar-refractivity contribution in [2.75, 3.05) is 6.61 Å². The Morgan fingerprint density at radius 3 is 2.06 bits per heavy atom. The van der Waals surface area contributed by atoms with E-state index in [9.17, 15) is 0 Å². The van der Waals surface area contributed by atoms with Gasteiger partial charge in [0.25, 0.3) is 0 Å². The molecule has 0 amide bonds. The van der Waals surface area contributed by atoms with Gasteiger partial charge in [0.15, 0.2) is 5.75 Å². The third-order valence-corrected chi connectivity index (χ3v) is 3.32. The van der Waals surface area contributed by atoms with E-state index in [1.807, 2.05) is 24.3 Å². The highest BCUT2D eigenvalue weighted by Gasteiger charge is 2.06. The molecule has 0 heterocycles. The van der Waals surface area contributed by atoms with Gasteiger partial charge in [0.1, 0.15) is 0 Å². The Bertz CT molecular complexity index is 503. The number of ether oxygens (including phenoxy) is 1. The second-order valence-electron chi connectivity index (χ2n) is 3.78. The van der Waals surface area contributed by atoms with Gasteiger partial charge in [0, 0.05) is 11.4 Å².